The summed E-state index contributed by atoms with van der Waals surface area (Å²) in [6, 6.07) is 0. The Morgan fingerprint density at radius 3 is 2.33 bits per heavy atom. The number of hydrogen-bond acceptors (Lipinski definition) is 5. The van der Waals surface area contributed by atoms with Gasteiger partial charge < -0.3 is 19.4 Å². The molecule has 0 radical (unpaired) electrons. The molecule has 108 valence electrons. The lowest BCUT2D eigenvalue weighted by atomic mass is 10.0. The maximum Gasteiger partial charge on any atom is 0.481 e. The molecule has 2 atom stereocenters. The maximum absolute atomic E-state index is 11.0. The molecule has 1 rings (SSSR count). The van der Waals surface area contributed by atoms with Crippen molar-refractivity contribution in [3.05, 3.63) is 0 Å². The first-order chi connectivity index (χ1) is 8.12. The van der Waals surface area contributed by atoms with Crippen molar-refractivity contribution in [3.8, 4) is 0 Å². The summed E-state index contributed by atoms with van der Waals surface area (Å²) in [5.74, 6) is 0. The van der Waals surface area contributed by atoms with E-state index in [0.717, 1.165) is 25.9 Å². The Labute approximate surface area is 105 Å². The Hall–Kier alpha value is 0.220. The van der Waals surface area contributed by atoms with Crippen LogP contribution in [0, 0.1) is 0 Å². The van der Waals surface area contributed by atoms with E-state index in [1.165, 1.54) is 0 Å². The predicted octanol–water partition coefficient (Wildman–Crippen LogP) is 1.56. The highest BCUT2D eigenvalue weighted by molar-refractivity contribution is 7.60. The van der Waals surface area contributed by atoms with Gasteiger partial charge in [-0.15, -0.1) is 0 Å². The molecular weight excluding hydrogens is 286 g/mol. The first kappa shape index (κ1) is 16.3. The van der Waals surface area contributed by atoms with Crippen molar-refractivity contribution in [1.82, 2.24) is 0 Å². The fraction of sp³-hybridized carbons (Fsp3) is 1.00. The zero-order valence-corrected chi connectivity index (χ0v) is 11.8. The van der Waals surface area contributed by atoms with E-state index in [1.807, 2.05) is 6.92 Å². The molecule has 8 nitrogen and oxygen atoms in total. The van der Waals surface area contributed by atoms with Crippen LogP contribution in [0.5, 0.6) is 0 Å². The molecule has 10 heteroatoms. The largest absolute Gasteiger partial charge is 0.481 e. The Kier molecular flexibility index (Phi) is 5.53. The molecule has 0 bridgehead atoms. The molecule has 0 spiro atoms. The van der Waals surface area contributed by atoms with Crippen molar-refractivity contribution >= 4 is 15.6 Å². The average Bonchev–Trinajstić information content (AvgIpc) is 2.86. The van der Waals surface area contributed by atoms with Gasteiger partial charge in [-0.25, -0.2) is 9.13 Å². The highest BCUT2D eigenvalue weighted by Gasteiger charge is 2.38. The van der Waals surface area contributed by atoms with Crippen LogP contribution in [-0.4, -0.2) is 33.5 Å². The molecule has 18 heavy (non-hydrogen) atoms. The Morgan fingerprint density at radius 1 is 1.22 bits per heavy atom. The van der Waals surface area contributed by atoms with Gasteiger partial charge in [-0.1, -0.05) is 12.8 Å². The minimum Gasteiger partial charge on any atom is -0.370 e. The predicted molar refractivity (Wildman–Crippen MR) is 61.7 cm³/mol. The molecule has 0 aromatic rings. The standard InChI is InChI=1S/C8H18O8P2/c1-8(7-14-8)5-3-2-4-6-15-18(12,13)16-17(9,10)11/h2-7H2,1H3,(H,12,13)(H2,9,10,11). The highest BCUT2D eigenvalue weighted by Crippen LogP contribution is 2.57. The number of phosphoric ester groups is 1. The monoisotopic (exact) mass is 304 g/mol. The zero-order valence-electron chi connectivity index (χ0n) is 10.0. The molecule has 0 aliphatic carbocycles. The number of rotatable bonds is 9. The topological polar surface area (TPSA) is 126 Å². The zero-order chi connectivity index (χ0) is 13.9. The lowest BCUT2D eigenvalue weighted by Gasteiger charge is -2.12. The van der Waals surface area contributed by atoms with Crippen molar-refractivity contribution < 1.29 is 37.4 Å². The average molecular weight is 304 g/mol. The second-order valence-electron chi connectivity index (χ2n) is 4.42. The molecule has 3 N–H and O–H groups in total. The number of hydrogen-bond donors (Lipinski definition) is 3. The molecule has 1 heterocycles. The van der Waals surface area contributed by atoms with Gasteiger partial charge in [0, 0.05) is 0 Å². The van der Waals surface area contributed by atoms with E-state index in [0.29, 0.717) is 6.42 Å². The molecule has 0 aromatic heterocycles. The van der Waals surface area contributed by atoms with Crippen molar-refractivity contribution in [3.63, 3.8) is 0 Å². The van der Waals surface area contributed by atoms with Gasteiger partial charge in [0.15, 0.2) is 0 Å². The summed E-state index contributed by atoms with van der Waals surface area (Å²) >= 11 is 0. The first-order valence-electron chi connectivity index (χ1n) is 5.50. The van der Waals surface area contributed by atoms with Crippen LogP contribution in [0.25, 0.3) is 0 Å². The number of phosphoric acid groups is 2. The number of ether oxygens (including phenoxy) is 1. The second kappa shape index (κ2) is 6.11. The van der Waals surface area contributed by atoms with E-state index in [9.17, 15) is 9.13 Å². The van der Waals surface area contributed by atoms with Crippen LogP contribution < -0.4 is 0 Å². The molecule has 1 fully saturated rings. The van der Waals surface area contributed by atoms with E-state index < -0.39 is 15.6 Å². The van der Waals surface area contributed by atoms with Crippen LogP contribution in [0.3, 0.4) is 0 Å². The molecule has 2 unspecified atom stereocenters. The van der Waals surface area contributed by atoms with Gasteiger partial charge in [0.1, 0.15) is 0 Å². The third kappa shape index (κ3) is 7.61. The number of unbranched alkanes of at least 4 members (excludes halogenated alkanes) is 2. The van der Waals surface area contributed by atoms with E-state index in [1.54, 1.807) is 0 Å². The van der Waals surface area contributed by atoms with Crippen LogP contribution in [0.1, 0.15) is 32.6 Å². The van der Waals surface area contributed by atoms with E-state index in [-0.39, 0.29) is 12.2 Å². The Morgan fingerprint density at radius 2 is 1.83 bits per heavy atom. The normalized spacial score (nSPS) is 26.9. The van der Waals surface area contributed by atoms with Crippen LogP contribution in [0.2, 0.25) is 0 Å². The van der Waals surface area contributed by atoms with Gasteiger partial charge in [-0.3, -0.25) is 4.52 Å². The molecule has 1 saturated heterocycles. The van der Waals surface area contributed by atoms with Crippen LogP contribution in [-0.2, 0) is 22.7 Å². The Balaban J connectivity index is 2.06. The van der Waals surface area contributed by atoms with Crippen molar-refractivity contribution in [2.24, 2.45) is 0 Å². The molecule has 1 aliphatic rings. The summed E-state index contributed by atoms with van der Waals surface area (Å²) in [4.78, 5) is 25.7. The minimum absolute atomic E-state index is 0.00332. The van der Waals surface area contributed by atoms with Crippen LogP contribution in [0.4, 0.5) is 0 Å². The van der Waals surface area contributed by atoms with E-state index in [4.69, 9.17) is 19.4 Å². The Bertz CT molecular complexity index is 360. The fourth-order valence-electron chi connectivity index (χ4n) is 1.38. The first-order valence-corrected chi connectivity index (χ1v) is 8.53. The van der Waals surface area contributed by atoms with Crippen molar-refractivity contribution in [2.75, 3.05) is 13.2 Å². The van der Waals surface area contributed by atoms with Gasteiger partial charge in [-0.05, 0) is 19.8 Å². The van der Waals surface area contributed by atoms with Crippen LogP contribution >= 0.6 is 15.6 Å². The lowest BCUT2D eigenvalue weighted by molar-refractivity contribution is 0.175. The molecular formula is C8H18O8P2. The smallest absolute Gasteiger partial charge is 0.370 e. The highest BCUT2D eigenvalue weighted by atomic mass is 31.3. The summed E-state index contributed by atoms with van der Waals surface area (Å²) in [7, 11) is -9.69. The molecule has 0 aromatic carbocycles. The summed E-state index contributed by atoms with van der Waals surface area (Å²) in [6.07, 6.45) is 3.09. The quantitative estimate of drug-likeness (QED) is 0.333. The third-order valence-corrected chi connectivity index (χ3v) is 4.64. The summed E-state index contributed by atoms with van der Waals surface area (Å²) in [6.45, 7) is 2.69. The van der Waals surface area contributed by atoms with Gasteiger partial charge in [0.2, 0.25) is 0 Å². The second-order valence-corrected chi connectivity index (χ2v) is 7.25. The van der Waals surface area contributed by atoms with Gasteiger partial charge in [0.25, 0.3) is 0 Å². The summed E-state index contributed by atoms with van der Waals surface area (Å²) in [5, 5.41) is 0. The van der Waals surface area contributed by atoms with Crippen LogP contribution in [0.15, 0.2) is 0 Å². The molecule has 0 saturated carbocycles. The SMILES string of the molecule is CC1(CCCCCOP(=O)(O)OP(=O)(O)O)CO1. The molecule has 0 amide bonds. The van der Waals surface area contributed by atoms with Crippen molar-refractivity contribution in [1.29, 1.82) is 0 Å². The van der Waals surface area contributed by atoms with Gasteiger partial charge >= 0.3 is 15.6 Å². The van der Waals surface area contributed by atoms with Crippen molar-refractivity contribution in [2.45, 2.75) is 38.2 Å². The summed E-state index contributed by atoms with van der Waals surface area (Å²) < 4.78 is 34.6. The number of epoxide rings is 1. The van der Waals surface area contributed by atoms with E-state index in [2.05, 4.69) is 8.83 Å². The fourth-order valence-corrected chi connectivity index (χ4v) is 3.01. The molecule has 1 aliphatic heterocycles. The van der Waals surface area contributed by atoms with E-state index >= 15 is 0 Å². The minimum atomic E-state index is -5.02. The third-order valence-electron chi connectivity index (χ3n) is 2.45. The van der Waals surface area contributed by atoms with Gasteiger partial charge in [0.05, 0.1) is 18.8 Å². The lowest BCUT2D eigenvalue weighted by Crippen LogP contribution is -2.03. The maximum atomic E-state index is 11.0. The van der Waals surface area contributed by atoms with Gasteiger partial charge in [-0.2, -0.15) is 4.31 Å². The summed E-state index contributed by atoms with van der Waals surface area (Å²) in [5.41, 5.74) is -0.00332.